The Labute approximate surface area is 128 Å². The Bertz CT molecular complexity index is 724. The number of hydrogen-bond donors (Lipinski definition) is 2. The van der Waals surface area contributed by atoms with Crippen molar-refractivity contribution in [3.8, 4) is 0 Å². The molecule has 5 nitrogen and oxygen atoms in total. The molecule has 0 atom stereocenters. The number of aryl methyl sites for hydroxylation is 1. The largest absolute Gasteiger partial charge is 0.380 e. The standard InChI is InChI=1S/C14H18N2O3S2/c1-10-14(7-13(8-15)20-10)21(17,18)16-12-5-3-4-11(6-12)9-19-2/h3-7,16H,8-9,15H2,1-2H3. The summed E-state index contributed by atoms with van der Waals surface area (Å²) in [5.74, 6) is 0. The van der Waals surface area contributed by atoms with Crippen LogP contribution in [-0.4, -0.2) is 15.5 Å². The van der Waals surface area contributed by atoms with Gasteiger partial charge in [-0.15, -0.1) is 11.3 Å². The minimum Gasteiger partial charge on any atom is -0.380 e. The molecule has 114 valence electrons. The number of anilines is 1. The minimum atomic E-state index is -3.60. The lowest BCUT2D eigenvalue weighted by Gasteiger charge is -2.09. The summed E-state index contributed by atoms with van der Waals surface area (Å²) in [5, 5.41) is 0. The molecule has 3 N–H and O–H groups in total. The summed E-state index contributed by atoms with van der Waals surface area (Å²) in [7, 11) is -2.00. The van der Waals surface area contributed by atoms with Crippen molar-refractivity contribution in [1.29, 1.82) is 0 Å². The van der Waals surface area contributed by atoms with Crippen LogP contribution in [0.5, 0.6) is 0 Å². The lowest BCUT2D eigenvalue weighted by molar-refractivity contribution is 0.185. The molecule has 0 spiro atoms. The van der Waals surface area contributed by atoms with E-state index in [0.717, 1.165) is 15.3 Å². The van der Waals surface area contributed by atoms with Crippen molar-refractivity contribution in [3.63, 3.8) is 0 Å². The predicted molar refractivity (Wildman–Crippen MR) is 84.9 cm³/mol. The fraction of sp³-hybridized carbons (Fsp3) is 0.286. The van der Waals surface area contributed by atoms with Crippen molar-refractivity contribution in [2.45, 2.75) is 25.0 Å². The van der Waals surface area contributed by atoms with Crippen molar-refractivity contribution >= 4 is 27.0 Å². The van der Waals surface area contributed by atoms with Gasteiger partial charge in [-0.05, 0) is 30.7 Å². The maximum absolute atomic E-state index is 12.4. The zero-order valence-electron chi connectivity index (χ0n) is 11.9. The highest BCUT2D eigenvalue weighted by atomic mass is 32.2. The fourth-order valence-corrected chi connectivity index (χ4v) is 4.56. The minimum absolute atomic E-state index is 0.282. The second-order valence-electron chi connectivity index (χ2n) is 4.58. The second-order valence-corrected chi connectivity index (χ2v) is 7.57. The first-order valence-electron chi connectivity index (χ1n) is 6.36. The first-order chi connectivity index (χ1) is 9.96. The van der Waals surface area contributed by atoms with Crippen molar-refractivity contribution in [2.75, 3.05) is 11.8 Å². The molecule has 2 aromatic rings. The van der Waals surface area contributed by atoms with E-state index < -0.39 is 10.0 Å². The third-order valence-corrected chi connectivity index (χ3v) is 5.61. The molecule has 0 saturated carbocycles. The van der Waals surface area contributed by atoms with Gasteiger partial charge in [0.15, 0.2) is 0 Å². The van der Waals surface area contributed by atoms with Gasteiger partial charge < -0.3 is 10.5 Å². The summed E-state index contributed by atoms with van der Waals surface area (Å²) >= 11 is 1.40. The monoisotopic (exact) mass is 326 g/mol. The van der Waals surface area contributed by atoms with Crippen LogP contribution in [0.3, 0.4) is 0 Å². The molecule has 7 heteroatoms. The Hall–Kier alpha value is -1.41. The van der Waals surface area contributed by atoms with Crippen LogP contribution in [0.15, 0.2) is 35.2 Å². The van der Waals surface area contributed by atoms with E-state index in [9.17, 15) is 8.42 Å². The van der Waals surface area contributed by atoms with Crippen LogP contribution in [0, 0.1) is 6.92 Å². The van der Waals surface area contributed by atoms with Gasteiger partial charge in [0.25, 0.3) is 10.0 Å². The fourth-order valence-electron chi connectivity index (χ4n) is 1.99. The quantitative estimate of drug-likeness (QED) is 0.854. The molecule has 0 aliphatic carbocycles. The first kappa shape index (κ1) is 16.0. The van der Waals surface area contributed by atoms with E-state index in [1.807, 2.05) is 6.07 Å². The third kappa shape index (κ3) is 3.82. The number of benzene rings is 1. The van der Waals surface area contributed by atoms with Crippen LogP contribution in [0.1, 0.15) is 15.3 Å². The smallest absolute Gasteiger partial charge is 0.263 e. The van der Waals surface area contributed by atoms with Crippen molar-refractivity contribution in [2.24, 2.45) is 5.73 Å². The van der Waals surface area contributed by atoms with Crippen LogP contribution < -0.4 is 10.5 Å². The summed E-state index contributed by atoms with van der Waals surface area (Å²) in [5.41, 5.74) is 6.99. The molecule has 0 saturated heterocycles. The Balaban J connectivity index is 2.28. The molecule has 2 rings (SSSR count). The Kier molecular flexibility index (Phi) is 5.00. The molecule has 1 heterocycles. The second kappa shape index (κ2) is 6.57. The van der Waals surface area contributed by atoms with Gasteiger partial charge in [-0.1, -0.05) is 12.1 Å². The predicted octanol–water partition coefficient (Wildman–Crippen LogP) is 2.46. The van der Waals surface area contributed by atoms with Crippen molar-refractivity contribution < 1.29 is 13.2 Å². The number of methoxy groups -OCH3 is 1. The van der Waals surface area contributed by atoms with Gasteiger partial charge in [0.1, 0.15) is 4.90 Å². The van der Waals surface area contributed by atoms with Crippen LogP contribution in [0.25, 0.3) is 0 Å². The van der Waals surface area contributed by atoms with Gasteiger partial charge >= 0.3 is 0 Å². The number of sulfonamides is 1. The molecular weight excluding hydrogens is 308 g/mol. The van der Waals surface area contributed by atoms with E-state index >= 15 is 0 Å². The molecule has 0 radical (unpaired) electrons. The van der Waals surface area contributed by atoms with Gasteiger partial charge in [-0.25, -0.2) is 8.42 Å². The Morgan fingerprint density at radius 1 is 1.33 bits per heavy atom. The topological polar surface area (TPSA) is 81.4 Å². The lowest BCUT2D eigenvalue weighted by Crippen LogP contribution is -2.13. The van der Waals surface area contributed by atoms with E-state index in [1.165, 1.54) is 11.3 Å². The molecule has 0 unspecified atom stereocenters. The zero-order valence-corrected chi connectivity index (χ0v) is 13.6. The molecule has 0 fully saturated rings. The number of hydrogen-bond acceptors (Lipinski definition) is 5. The number of rotatable bonds is 6. The number of nitrogens with one attached hydrogen (secondary N) is 1. The SMILES string of the molecule is COCc1cccc(NS(=O)(=O)c2cc(CN)sc2C)c1. The molecule has 0 bridgehead atoms. The normalized spacial score (nSPS) is 11.6. The summed E-state index contributed by atoms with van der Waals surface area (Å²) in [6.45, 7) is 2.55. The highest BCUT2D eigenvalue weighted by Crippen LogP contribution is 2.27. The number of thiophene rings is 1. The van der Waals surface area contributed by atoms with Crippen LogP contribution in [0.4, 0.5) is 5.69 Å². The summed E-state index contributed by atoms with van der Waals surface area (Å²) in [6, 6.07) is 8.76. The van der Waals surface area contributed by atoms with E-state index in [1.54, 1.807) is 38.3 Å². The molecule has 0 aliphatic rings. The molecule has 1 aromatic carbocycles. The Morgan fingerprint density at radius 2 is 2.10 bits per heavy atom. The van der Waals surface area contributed by atoms with E-state index in [4.69, 9.17) is 10.5 Å². The van der Waals surface area contributed by atoms with Crippen molar-refractivity contribution in [3.05, 3.63) is 45.6 Å². The summed E-state index contributed by atoms with van der Waals surface area (Å²) < 4.78 is 32.5. The van der Waals surface area contributed by atoms with E-state index in [2.05, 4.69) is 4.72 Å². The lowest BCUT2D eigenvalue weighted by atomic mass is 10.2. The van der Waals surface area contributed by atoms with Gasteiger partial charge in [0.2, 0.25) is 0 Å². The van der Waals surface area contributed by atoms with Crippen molar-refractivity contribution in [1.82, 2.24) is 0 Å². The van der Waals surface area contributed by atoms with E-state index in [0.29, 0.717) is 18.8 Å². The highest BCUT2D eigenvalue weighted by molar-refractivity contribution is 7.93. The average Bonchev–Trinajstić information content (AvgIpc) is 2.81. The maximum atomic E-state index is 12.4. The number of ether oxygens (including phenoxy) is 1. The van der Waals surface area contributed by atoms with Gasteiger partial charge in [0, 0.05) is 29.1 Å². The zero-order chi connectivity index (χ0) is 15.5. The molecule has 0 aliphatic heterocycles. The highest BCUT2D eigenvalue weighted by Gasteiger charge is 2.19. The Morgan fingerprint density at radius 3 is 2.71 bits per heavy atom. The first-order valence-corrected chi connectivity index (χ1v) is 8.66. The van der Waals surface area contributed by atoms with Crippen LogP contribution in [-0.2, 0) is 27.9 Å². The number of nitrogens with two attached hydrogens (primary N) is 1. The summed E-state index contributed by atoms with van der Waals surface area (Å²) in [4.78, 5) is 1.86. The van der Waals surface area contributed by atoms with Gasteiger partial charge in [0.05, 0.1) is 6.61 Å². The molecule has 0 amide bonds. The average molecular weight is 326 g/mol. The van der Waals surface area contributed by atoms with Crippen LogP contribution in [0.2, 0.25) is 0 Å². The van der Waals surface area contributed by atoms with Gasteiger partial charge in [-0.3, -0.25) is 4.72 Å². The molecular formula is C14H18N2O3S2. The summed E-state index contributed by atoms with van der Waals surface area (Å²) in [6.07, 6.45) is 0. The maximum Gasteiger partial charge on any atom is 0.263 e. The van der Waals surface area contributed by atoms with Crippen LogP contribution >= 0.6 is 11.3 Å². The molecule has 1 aromatic heterocycles. The molecule has 21 heavy (non-hydrogen) atoms. The van der Waals surface area contributed by atoms with Gasteiger partial charge in [-0.2, -0.15) is 0 Å². The third-order valence-electron chi connectivity index (χ3n) is 2.90. The van der Waals surface area contributed by atoms with E-state index in [-0.39, 0.29) is 4.90 Å².